The van der Waals surface area contributed by atoms with Crippen LogP contribution in [0.3, 0.4) is 0 Å². The van der Waals surface area contributed by atoms with Crippen molar-refractivity contribution in [1.29, 1.82) is 0 Å². The van der Waals surface area contributed by atoms with Crippen LogP contribution in [0.25, 0.3) is 6.08 Å². The van der Waals surface area contributed by atoms with E-state index in [-0.39, 0.29) is 12.1 Å². The van der Waals surface area contributed by atoms with Crippen LogP contribution < -0.4 is 4.74 Å². The van der Waals surface area contributed by atoms with E-state index in [1.165, 1.54) is 31.4 Å². The number of alkyl halides is 3. The van der Waals surface area contributed by atoms with Crippen molar-refractivity contribution in [2.75, 3.05) is 14.2 Å². The molecule has 3 aromatic carbocycles. The number of hydrogen-bond donors (Lipinski definition) is 0. The summed E-state index contributed by atoms with van der Waals surface area (Å²) in [6, 6.07) is 20.2. The number of carbonyl (C=O) groups excluding carboxylic acids is 2. The van der Waals surface area contributed by atoms with Crippen molar-refractivity contribution in [2.24, 2.45) is 5.41 Å². The number of β-lactam (4-membered cyclic amide) rings is 1. The zero-order chi connectivity index (χ0) is 25.9. The molecule has 1 saturated heterocycles. The molecular formula is C28H24F3NO4. The molecule has 0 radical (unpaired) electrons. The predicted molar refractivity (Wildman–Crippen MR) is 128 cm³/mol. The lowest BCUT2D eigenvalue weighted by Gasteiger charge is -2.53. The van der Waals surface area contributed by atoms with Gasteiger partial charge >= 0.3 is 12.1 Å². The van der Waals surface area contributed by atoms with Gasteiger partial charge in [0.05, 0.1) is 25.8 Å². The Hall–Kier alpha value is -4.07. The molecular weight excluding hydrogens is 471 g/mol. The first-order valence-electron chi connectivity index (χ1n) is 11.1. The maximum absolute atomic E-state index is 13.6. The van der Waals surface area contributed by atoms with Gasteiger partial charge in [0.25, 0.3) is 0 Å². The van der Waals surface area contributed by atoms with Gasteiger partial charge in [0.15, 0.2) is 5.41 Å². The molecule has 4 rings (SSSR count). The lowest BCUT2D eigenvalue weighted by molar-refractivity contribution is -0.184. The van der Waals surface area contributed by atoms with Crippen LogP contribution in [0.4, 0.5) is 13.2 Å². The van der Waals surface area contributed by atoms with Crippen LogP contribution >= 0.6 is 0 Å². The summed E-state index contributed by atoms with van der Waals surface area (Å²) in [5.74, 6) is -0.612. The zero-order valence-electron chi connectivity index (χ0n) is 19.7. The third kappa shape index (κ3) is 4.58. The average Bonchev–Trinajstić information content (AvgIpc) is 2.89. The summed E-state index contributed by atoms with van der Waals surface area (Å²) >= 11 is 0. The van der Waals surface area contributed by atoms with Crippen molar-refractivity contribution in [1.82, 2.24) is 4.90 Å². The van der Waals surface area contributed by atoms with E-state index in [0.717, 1.165) is 17.7 Å². The van der Waals surface area contributed by atoms with Crippen molar-refractivity contribution >= 4 is 18.0 Å². The number of amides is 1. The van der Waals surface area contributed by atoms with Crippen LogP contribution in [0.1, 0.15) is 28.3 Å². The molecule has 1 fully saturated rings. The van der Waals surface area contributed by atoms with Crippen LogP contribution in [0.15, 0.2) is 84.9 Å². The molecule has 0 unspecified atom stereocenters. The summed E-state index contributed by atoms with van der Waals surface area (Å²) in [6.07, 6.45) is -1.79. The molecule has 0 saturated carbocycles. The Balaban J connectivity index is 1.75. The molecule has 0 aliphatic carbocycles. The summed E-state index contributed by atoms with van der Waals surface area (Å²) in [7, 11) is 2.74. The summed E-state index contributed by atoms with van der Waals surface area (Å²) in [6.45, 7) is 0.221. The summed E-state index contributed by atoms with van der Waals surface area (Å²) in [5.41, 5.74) is -0.814. The summed E-state index contributed by atoms with van der Waals surface area (Å²) in [5, 5.41) is 0. The quantitative estimate of drug-likeness (QED) is 0.241. The second kappa shape index (κ2) is 9.89. The van der Waals surface area contributed by atoms with Crippen LogP contribution in [0, 0.1) is 5.41 Å². The Morgan fingerprint density at radius 1 is 1.00 bits per heavy atom. The third-order valence-corrected chi connectivity index (χ3v) is 6.26. The largest absolute Gasteiger partial charge is 0.497 e. The molecule has 1 aliphatic heterocycles. The van der Waals surface area contributed by atoms with E-state index in [4.69, 9.17) is 9.47 Å². The number of rotatable bonds is 7. The standard InChI is InChI=1S/C28H24F3NO4/c1-35-23-13-11-20(12-14-23)18-32-24(21-8-4-3-5-9-21)27(25(32)33,26(34)36-2)16-15-19-7-6-10-22(17-19)28(29,30)31/h3-17,24H,18H2,1-2H3/b16-15+/t24-,27+/m1/s1. The lowest BCUT2D eigenvalue weighted by Crippen LogP contribution is -2.65. The Morgan fingerprint density at radius 3 is 2.31 bits per heavy atom. The normalized spacial score (nSPS) is 19.8. The zero-order valence-corrected chi connectivity index (χ0v) is 19.7. The van der Waals surface area contributed by atoms with Gasteiger partial charge in [-0.15, -0.1) is 0 Å². The van der Waals surface area contributed by atoms with Crippen molar-refractivity contribution in [3.63, 3.8) is 0 Å². The fourth-order valence-electron chi connectivity index (χ4n) is 4.47. The number of esters is 1. The molecule has 0 spiro atoms. The molecule has 186 valence electrons. The number of hydrogen-bond acceptors (Lipinski definition) is 4. The number of halogens is 3. The van der Waals surface area contributed by atoms with Gasteiger partial charge < -0.3 is 14.4 Å². The molecule has 8 heteroatoms. The van der Waals surface area contributed by atoms with Gasteiger partial charge in [-0.05, 0) is 41.0 Å². The third-order valence-electron chi connectivity index (χ3n) is 6.26. The molecule has 1 aliphatic rings. The van der Waals surface area contributed by atoms with Crippen LogP contribution in [-0.2, 0) is 27.0 Å². The van der Waals surface area contributed by atoms with Crippen LogP contribution in [0.2, 0.25) is 0 Å². The van der Waals surface area contributed by atoms with E-state index in [1.807, 2.05) is 18.2 Å². The van der Waals surface area contributed by atoms with Gasteiger partial charge in [-0.25, -0.2) is 0 Å². The maximum Gasteiger partial charge on any atom is 0.416 e. The Kier molecular flexibility index (Phi) is 6.88. The number of ether oxygens (including phenoxy) is 2. The highest BCUT2D eigenvalue weighted by atomic mass is 19.4. The van der Waals surface area contributed by atoms with E-state index >= 15 is 0 Å². The minimum absolute atomic E-state index is 0.210. The summed E-state index contributed by atoms with van der Waals surface area (Å²) < 4.78 is 49.8. The molecule has 5 nitrogen and oxygen atoms in total. The van der Waals surface area contributed by atoms with E-state index in [0.29, 0.717) is 11.3 Å². The second-order valence-electron chi connectivity index (χ2n) is 8.41. The summed E-state index contributed by atoms with van der Waals surface area (Å²) in [4.78, 5) is 28.3. The average molecular weight is 495 g/mol. The van der Waals surface area contributed by atoms with E-state index in [9.17, 15) is 22.8 Å². The van der Waals surface area contributed by atoms with Crippen LogP contribution in [0.5, 0.6) is 5.75 Å². The minimum Gasteiger partial charge on any atom is -0.497 e. The Bertz CT molecular complexity index is 1270. The molecule has 1 heterocycles. The maximum atomic E-state index is 13.6. The number of methoxy groups -OCH3 is 2. The number of carbonyl (C=O) groups is 2. The monoisotopic (exact) mass is 495 g/mol. The molecule has 2 atom stereocenters. The molecule has 0 bridgehead atoms. The topological polar surface area (TPSA) is 55.8 Å². The Labute approximate surface area is 206 Å². The minimum atomic E-state index is -4.52. The Morgan fingerprint density at radius 2 is 1.69 bits per heavy atom. The smallest absolute Gasteiger partial charge is 0.416 e. The molecule has 1 amide bonds. The molecule has 0 N–H and O–H groups in total. The number of likely N-dealkylation sites (tertiary alicyclic amines) is 1. The van der Waals surface area contributed by atoms with Gasteiger partial charge in [0.2, 0.25) is 5.91 Å². The van der Waals surface area contributed by atoms with Crippen molar-refractivity contribution in [3.05, 3.63) is 107 Å². The lowest BCUT2D eigenvalue weighted by atomic mass is 9.67. The fraction of sp³-hybridized carbons (Fsp3) is 0.214. The van der Waals surface area contributed by atoms with Gasteiger partial charge in [-0.3, -0.25) is 9.59 Å². The fourth-order valence-corrected chi connectivity index (χ4v) is 4.47. The second-order valence-corrected chi connectivity index (χ2v) is 8.41. The van der Waals surface area contributed by atoms with Crippen molar-refractivity contribution < 1.29 is 32.2 Å². The van der Waals surface area contributed by atoms with Gasteiger partial charge in [0, 0.05) is 6.54 Å². The van der Waals surface area contributed by atoms with E-state index < -0.39 is 35.1 Å². The van der Waals surface area contributed by atoms with Gasteiger partial charge in [0.1, 0.15) is 5.75 Å². The number of nitrogens with zero attached hydrogens (tertiary/aromatic N) is 1. The van der Waals surface area contributed by atoms with Crippen LogP contribution in [-0.4, -0.2) is 31.0 Å². The van der Waals surface area contributed by atoms with Gasteiger partial charge in [-0.1, -0.05) is 66.7 Å². The molecule has 3 aromatic rings. The highest BCUT2D eigenvalue weighted by molar-refractivity contribution is 6.11. The van der Waals surface area contributed by atoms with Gasteiger partial charge in [-0.2, -0.15) is 13.2 Å². The molecule has 36 heavy (non-hydrogen) atoms. The molecule has 0 aromatic heterocycles. The highest BCUT2D eigenvalue weighted by Crippen LogP contribution is 2.53. The van der Waals surface area contributed by atoms with Crippen molar-refractivity contribution in [3.8, 4) is 5.75 Å². The number of benzene rings is 3. The highest BCUT2D eigenvalue weighted by Gasteiger charge is 2.65. The first-order chi connectivity index (χ1) is 17.2. The predicted octanol–water partition coefficient (Wildman–Crippen LogP) is 5.67. The van der Waals surface area contributed by atoms with E-state index in [1.54, 1.807) is 48.4 Å². The van der Waals surface area contributed by atoms with Crippen molar-refractivity contribution in [2.45, 2.75) is 18.8 Å². The first-order valence-corrected chi connectivity index (χ1v) is 11.1. The first kappa shape index (κ1) is 25.0. The SMILES string of the molecule is COC(=O)[C@]1(/C=C/c2cccc(C(F)(F)F)c2)C(=O)N(Cc2ccc(OC)cc2)[C@@H]1c1ccccc1. The van der Waals surface area contributed by atoms with E-state index in [2.05, 4.69) is 0 Å².